The number of phenolic OH excluding ortho intramolecular Hbond substituents is 1. The second kappa shape index (κ2) is 7.45. The lowest BCUT2D eigenvalue weighted by atomic mass is 10.1. The molecule has 0 heterocycles. The molecule has 23 heavy (non-hydrogen) atoms. The smallest absolute Gasteiger partial charge is 0.342 e. The summed E-state index contributed by atoms with van der Waals surface area (Å²) in [5, 5.41) is 12.6. The van der Waals surface area contributed by atoms with Crippen LogP contribution in [0.15, 0.2) is 48.5 Å². The molecule has 0 saturated heterocycles. The first-order valence-corrected chi connectivity index (χ1v) is 7.30. The van der Waals surface area contributed by atoms with Gasteiger partial charge in [0.15, 0.2) is 6.10 Å². The van der Waals surface area contributed by atoms with Crippen molar-refractivity contribution in [3.63, 3.8) is 0 Å². The Morgan fingerprint density at radius 1 is 1.13 bits per heavy atom. The molecule has 2 aromatic carbocycles. The Balaban J connectivity index is 1.92. The number of hydrogen-bond acceptors (Lipinski definition) is 4. The maximum atomic E-state index is 12.0. The highest BCUT2D eigenvalue weighted by Gasteiger charge is 2.21. The highest BCUT2D eigenvalue weighted by Crippen LogP contribution is 2.22. The number of aromatic hydroxyl groups is 1. The van der Waals surface area contributed by atoms with Gasteiger partial charge < -0.3 is 15.2 Å². The Hall–Kier alpha value is -2.82. The van der Waals surface area contributed by atoms with Gasteiger partial charge in [0, 0.05) is 6.54 Å². The quantitative estimate of drug-likeness (QED) is 0.832. The number of aryl methyl sites for hydroxylation is 1. The number of para-hydroxylation sites is 1. The molecule has 2 aromatic rings. The van der Waals surface area contributed by atoms with E-state index in [2.05, 4.69) is 5.32 Å². The molecule has 0 aliphatic carbocycles. The molecule has 0 fully saturated rings. The van der Waals surface area contributed by atoms with Gasteiger partial charge in [-0.1, -0.05) is 42.5 Å². The number of phenols is 1. The Morgan fingerprint density at radius 3 is 2.52 bits per heavy atom. The van der Waals surface area contributed by atoms with Crippen molar-refractivity contribution in [1.29, 1.82) is 0 Å². The van der Waals surface area contributed by atoms with E-state index in [1.807, 2.05) is 30.3 Å². The van der Waals surface area contributed by atoms with Gasteiger partial charge in [-0.15, -0.1) is 0 Å². The maximum Gasteiger partial charge on any atom is 0.342 e. The summed E-state index contributed by atoms with van der Waals surface area (Å²) in [5.74, 6) is -1.25. The average molecular weight is 313 g/mol. The standard InChI is InChI=1S/C18H19NO4/c1-12-7-6-10-15(16(12)20)18(22)23-13(2)17(21)19-11-14-8-4-3-5-9-14/h3-10,13,20H,11H2,1-2H3,(H,19,21)/t13-/m1/s1. The van der Waals surface area contributed by atoms with Crippen molar-refractivity contribution in [1.82, 2.24) is 5.32 Å². The minimum atomic E-state index is -0.953. The van der Waals surface area contributed by atoms with Crippen LogP contribution >= 0.6 is 0 Å². The zero-order valence-corrected chi connectivity index (χ0v) is 13.1. The van der Waals surface area contributed by atoms with Crippen LogP contribution in [0.5, 0.6) is 5.75 Å². The Bertz CT molecular complexity index is 697. The molecule has 0 saturated carbocycles. The van der Waals surface area contributed by atoms with Crippen LogP contribution in [0.3, 0.4) is 0 Å². The number of carbonyl (C=O) groups excluding carboxylic acids is 2. The molecule has 5 heteroatoms. The molecule has 0 aromatic heterocycles. The van der Waals surface area contributed by atoms with E-state index >= 15 is 0 Å². The van der Waals surface area contributed by atoms with Crippen LogP contribution in [0.25, 0.3) is 0 Å². The molecular weight excluding hydrogens is 294 g/mol. The van der Waals surface area contributed by atoms with E-state index in [4.69, 9.17) is 4.74 Å². The number of ether oxygens (including phenoxy) is 1. The van der Waals surface area contributed by atoms with E-state index in [0.29, 0.717) is 12.1 Å². The van der Waals surface area contributed by atoms with Gasteiger partial charge in [-0.25, -0.2) is 4.79 Å². The number of nitrogens with one attached hydrogen (secondary N) is 1. The molecule has 0 radical (unpaired) electrons. The first kappa shape index (κ1) is 16.5. The summed E-state index contributed by atoms with van der Waals surface area (Å²) in [6.07, 6.45) is -0.953. The molecule has 5 nitrogen and oxygen atoms in total. The van der Waals surface area contributed by atoms with Crippen molar-refractivity contribution in [2.45, 2.75) is 26.5 Å². The van der Waals surface area contributed by atoms with Crippen LogP contribution in [0.4, 0.5) is 0 Å². The minimum absolute atomic E-state index is 0.0488. The highest BCUT2D eigenvalue weighted by molar-refractivity contribution is 5.94. The normalized spacial score (nSPS) is 11.6. The molecule has 0 bridgehead atoms. The maximum absolute atomic E-state index is 12.0. The van der Waals surface area contributed by atoms with Crippen molar-refractivity contribution in [3.8, 4) is 5.75 Å². The fraction of sp³-hybridized carbons (Fsp3) is 0.222. The van der Waals surface area contributed by atoms with Gasteiger partial charge in [0.1, 0.15) is 11.3 Å². The van der Waals surface area contributed by atoms with Gasteiger partial charge in [0.05, 0.1) is 0 Å². The molecule has 0 spiro atoms. The molecule has 2 rings (SSSR count). The fourth-order valence-corrected chi connectivity index (χ4v) is 2.03. The van der Waals surface area contributed by atoms with Crippen molar-refractivity contribution < 1.29 is 19.4 Å². The molecule has 0 aliphatic heterocycles. The number of benzene rings is 2. The van der Waals surface area contributed by atoms with Gasteiger partial charge in [0.2, 0.25) is 0 Å². The van der Waals surface area contributed by atoms with E-state index in [1.165, 1.54) is 13.0 Å². The zero-order valence-electron chi connectivity index (χ0n) is 13.1. The average Bonchev–Trinajstić information content (AvgIpc) is 2.55. The summed E-state index contributed by atoms with van der Waals surface area (Å²) in [4.78, 5) is 24.0. The molecule has 0 unspecified atom stereocenters. The van der Waals surface area contributed by atoms with Crippen molar-refractivity contribution in [2.24, 2.45) is 0 Å². The summed E-state index contributed by atoms with van der Waals surface area (Å²) in [5.41, 5.74) is 1.57. The summed E-state index contributed by atoms with van der Waals surface area (Å²) >= 11 is 0. The SMILES string of the molecule is Cc1cccc(C(=O)O[C@H](C)C(=O)NCc2ccccc2)c1O. The highest BCUT2D eigenvalue weighted by atomic mass is 16.5. The van der Waals surface area contributed by atoms with E-state index < -0.39 is 18.0 Å². The van der Waals surface area contributed by atoms with Gasteiger partial charge >= 0.3 is 5.97 Å². The zero-order chi connectivity index (χ0) is 16.8. The van der Waals surface area contributed by atoms with Crippen LogP contribution in [0.1, 0.15) is 28.4 Å². The van der Waals surface area contributed by atoms with Gasteiger partial charge in [-0.3, -0.25) is 4.79 Å². The third kappa shape index (κ3) is 4.32. The topological polar surface area (TPSA) is 75.6 Å². The Morgan fingerprint density at radius 2 is 1.83 bits per heavy atom. The van der Waals surface area contributed by atoms with Gasteiger partial charge in [-0.2, -0.15) is 0 Å². The summed E-state index contributed by atoms with van der Waals surface area (Å²) in [6.45, 7) is 3.53. The van der Waals surface area contributed by atoms with E-state index in [1.54, 1.807) is 19.1 Å². The van der Waals surface area contributed by atoms with Crippen LogP contribution in [0, 0.1) is 6.92 Å². The third-order valence-electron chi connectivity index (χ3n) is 3.42. The molecule has 2 N–H and O–H groups in total. The van der Waals surface area contributed by atoms with Crippen LogP contribution < -0.4 is 5.32 Å². The lowest BCUT2D eigenvalue weighted by Crippen LogP contribution is -2.35. The fourth-order valence-electron chi connectivity index (χ4n) is 2.03. The van der Waals surface area contributed by atoms with Gasteiger partial charge in [-0.05, 0) is 31.0 Å². The minimum Gasteiger partial charge on any atom is -0.507 e. The monoisotopic (exact) mass is 313 g/mol. The molecular formula is C18H19NO4. The van der Waals surface area contributed by atoms with Crippen LogP contribution in [-0.4, -0.2) is 23.1 Å². The second-order valence-corrected chi connectivity index (χ2v) is 5.22. The Kier molecular flexibility index (Phi) is 5.36. The number of amides is 1. The molecule has 120 valence electrons. The first-order valence-electron chi connectivity index (χ1n) is 7.30. The third-order valence-corrected chi connectivity index (χ3v) is 3.42. The van der Waals surface area contributed by atoms with Crippen LogP contribution in [-0.2, 0) is 16.1 Å². The number of esters is 1. The largest absolute Gasteiger partial charge is 0.507 e. The second-order valence-electron chi connectivity index (χ2n) is 5.22. The number of rotatable bonds is 5. The summed E-state index contributed by atoms with van der Waals surface area (Å²) in [6, 6.07) is 14.2. The van der Waals surface area contributed by atoms with Gasteiger partial charge in [0.25, 0.3) is 5.91 Å². The predicted molar refractivity (Wildman–Crippen MR) is 86.0 cm³/mol. The van der Waals surface area contributed by atoms with Crippen molar-refractivity contribution in [3.05, 3.63) is 65.2 Å². The molecule has 1 amide bonds. The molecule has 0 aliphatic rings. The van der Waals surface area contributed by atoms with E-state index in [9.17, 15) is 14.7 Å². The molecule has 1 atom stereocenters. The predicted octanol–water partition coefficient (Wildman–Crippen LogP) is 2.56. The van der Waals surface area contributed by atoms with Crippen molar-refractivity contribution in [2.75, 3.05) is 0 Å². The van der Waals surface area contributed by atoms with Crippen LogP contribution in [0.2, 0.25) is 0 Å². The number of carbonyl (C=O) groups is 2. The first-order chi connectivity index (χ1) is 11.0. The lowest BCUT2D eigenvalue weighted by Gasteiger charge is -2.14. The Labute approximate surface area is 134 Å². The lowest BCUT2D eigenvalue weighted by molar-refractivity contribution is -0.129. The van der Waals surface area contributed by atoms with Crippen molar-refractivity contribution >= 4 is 11.9 Å². The summed E-state index contributed by atoms with van der Waals surface area (Å²) < 4.78 is 5.11. The summed E-state index contributed by atoms with van der Waals surface area (Å²) in [7, 11) is 0. The van der Waals surface area contributed by atoms with E-state index in [0.717, 1.165) is 5.56 Å². The number of hydrogen-bond donors (Lipinski definition) is 2. The van der Waals surface area contributed by atoms with E-state index in [-0.39, 0.29) is 11.3 Å².